The number of benzene rings is 2. The second-order valence-corrected chi connectivity index (χ2v) is 6.44. The van der Waals surface area contributed by atoms with Gasteiger partial charge in [-0.15, -0.1) is 0 Å². The number of nitrogens with zero attached hydrogens (tertiary/aromatic N) is 2. The topological polar surface area (TPSA) is 59.4 Å². The summed E-state index contributed by atoms with van der Waals surface area (Å²) in [6.07, 6.45) is 0. The van der Waals surface area contributed by atoms with Crippen LogP contribution in [-0.4, -0.2) is 22.6 Å². The SMILES string of the molecule is COc1ccc(-n2[nH]c(C)c(C(C)=Nc3ccc(C)cc3C)c2=O)cc1. The lowest BCUT2D eigenvalue weighted by molar-refractivity contribution is 0.414. The van der Waals surface area contributed by atoms with Crippen molar-refractivity contribution in [3.63, 3.8) is 0 Å². The molecule has 0 saturated carbocycles. The number of hydrogen-bond acceptors (Lipinski definition) is 3. The maximum atomic E-state index is 12.9. The summed E-state index contributed by atoms with van der Waals surface area (Å²) in [6, 6.07) is 13.4. The van der Waals surface area contributed by atoms with Gasteiger partial charge in [0.1, 0.15) is 5.75 Å². The Morgan fingerprint density at radius 1 is 1.08 bits per heavy atom. The van der Waals surface area contributed by atoms with Crippen molar-refractivity contribution in [3.8, 4) is 11.4 Å². The van der Waals surface area contributed by atoms with Crippen LogP contribution in [0.5, 0.6) is 5.75 Å². The molecule has 1 heterocycles. The van der Waals surface area contributed by atoms with Gasteiger partial charge in [-0.05, 0) is 63.6 Å². The quantitative estimate of drug-likeness (QED) is 0.716. The van der Waals surface area contributed by atoms with E-state index in [1.807, 2.05) is 57.2 Å². The van der Waals surface area contributed by atoms with Gasteiger partial charge in [-0.25, -0.2) is 4.68 Å². The van der Waals surface area contributed by atoms with Crippen LogP contribution in [0.4, 0.5) is 5.69 Å². The fourth-order valence-corrected chi connectivity index (χ4v) is 3.05. The number of aromatic nitrogens is 2. The first-order valence-corrected chi connectivity index (χ1v) is 8.49. The molecule has 0 fully saturated rings. The average Bonchev–Trinajstić information content (AvgIpc) is 2.92. The van der Waals surface area contributed by atoms with Crippen molar-refractivity contribution in [2.75, 3.05) is 7.11 Å². The van der Waals surface area contributed by atoms with Gasteiger partial charge in [0.05, 0.1) is 29.8 Å². The summed E-state index contributed by atoms with van der Waals surface area (Å²) in [7, 11) is 1.62. The molecule has 3 aromatic rings. The molecule has 3 rings (SSSR count). The van der Waals surface area contributed by atoms with Gasteiger partial charge >= 0.3 is 0 Å². The highest BCUT2D eigenvalue weighted by Gasteiger charge is 2.15. The second-order valence-electron chi connectivity index (χ2n) is 6.44. The van der Waals surface area contributed by atoms with E-state index in [1.54, 1.807) is 7.11 Å². The van der Waals surface area contributed by atoms with E-state index < -0.39 is 0 Å². The van der Waals surface area contributed by atoms with Gasteiger partial charge in [-0.2, -0.15) is 0 Å². The van der Waals surface area contributed by atoms with Crippen LogP contribution in [0.3, 0.4) is 0 Å². The summed E-state index contributed by atoms with van der Waals surface area (Å²) in [5.41, 5.74) is 5.89. The number of nitrogens with one attached hydrogen (secondary N) is 1. The van der Waals surface area contributed by atoms with E-state index in [2.05, 4.69) is 23.1 Å². The molecular weight excluding hydrogens is 326 g/mol. The van der Waals surface area contributed by atoms with E-state index >= 15 is 0 Å². The molecule has 0 saturated heterocycles. The van der Waals surface area contributed by atoms with Crippen LogP contribution >= 0.6 is 0 Å². The third-order valence-corrected chi connectivity index (χ3v) is 4.40. The summed E-state index contributed by atoms with van der Waals surface area (Å²) in [5.74, 6) is 0.748. The van der Waals surface area contributed by atoms with Gasteiger partial charge in [-0.3, -0.25) is 14.9 Å². The summed E-state index contributed by atoms with van der Waals surface area (Å²) in [6.45, 7) is 7.84. The number of hydrogen-bond donors (Lipinski definition) is 1. The van der Waals surface area contributed by atoms with Gasteiger partial charge in [-0.1, -0.05) is 17.7 Å². The van der Waals surface area contributed by atoms with Crippen molar-refractivity contribution in [2.24, 2.45) is 4.99 Å². The van der Waals surface area contributed by atoms with Crippen molar-refractivity contribution in [1.29, 1.82) is 0 Å². The fourth-order valence-electron chi connectivity index (χ4n) is 3.05. The molecular formula is C21H23N3O2. The first kappa shape index (κ1) is 17.7. The van der Waals surface area contributed by atoms with Crippen molar-refractivity contribution in [1.82, 2.24) is 9.78 Å². The summed E-state index contributed by atoms with van der Waals surface area (Å²) in [5, 5.41) is 3.14. The molecule has 0 atom stereocenters. The standard InChI is InChI=1S/C21H23N3O2/c1-13-6-11-19(14(2)12-13)22-15(3)20-16(4)23-24(21(20)25)17-7-9-18(26-5)10-8-17/h6-12,23H,1-5H3. The molecule has 5 nitrogen and oxygen atoms in total. The maximum Gasteiger partial charge on any atom is 0.280 e. The van der Waals surface area contributed by atoms with Crippen LogP contribution in [0.25, 0.3) is 5.69 Å². The summed E-state index contributed by atoms with van der Waals surface area (Å²) >= 11 is 0. The zero-order valence-electron chi connectivity index (χ0n) is 15.8. The molecule has 0 aliphatic carbocycles. The molecule has 1 N–H and O–H groups in total. The minimum Gasteiger partial charge on any atom is -0.497 e. The van der Waals surface area contributed by atoms with Crippen LogP contribution in [-0.2, 0) is 0 Å². The number of methoxy groups -OCH3 is 1. The monoisotopic (exact) mass is 349 g/mol. The predicted molar refractivity (Wildman–Crippen MR) is 105 cm³/mol. The summed E-state index contributed by atoms with van der Waals surface area (Å²) in [4.78, 5) is 17.6. The molecule has 0 bridgehead atoms. The number of rotatable bonds is 4. The van der Waals surface area contributed by atoms with Crippen LogP contribution in [0.15, 0.2) is 52.3 Å². The van der Waals surface area contributed by atoms with E-state index in [0.717, 1.165) is 28.4 Å². The van der Waals surface area contributed by atoms with E-state index in [-0.39, 0.29) is 5.56 Å². The summed E-state index contributed by atoms with van der Waals surface area (Å²) < 4.78 is 6.70. The number of H-pyrrole nitrogens is 1. The highest BCUT2D eigenvalue weighted by atomic mass is 16.5. The fraction of sp³-hybridized carbons (Fsp3) is 0.238. The van der Waals surface area contributed by atoms with Crippen LogP contribution < -0.4 is 10.3 Å². The van der Waals surface area contributed by atoms with Crippen LogP contribution in [0, 0.1) is 20.8 Å². The zero-order chi connectivity index (χ0) is 18.8. The lowest BCUT2D eigenvalue weighted by atomic mass is 10.1. The van der Waals surface area contributed by atoms with Crippen LogP contribution in [0.1, 0.15) is 29.3 Å². The van der Waals surface area contributed by atoms with Crippen molar-refractivity contribution in [3.05, 3.63) is 75.2 Å². The predicted octanol–water partition coefficient (Wildman–Crippen LogP) is 4.24. The van der Waals surface area contributed by atoms with Crippen molar-refractivity contribution >= 4 is 11.4 Å². The molecule has 0 unspecified atom stereocenters. The second kappa shape index (κ2) is 7.04. The molecule has 0 aliphatic heterocycles. The van der Waals surface area contributed by atoms with E-state index in [4.69, 9.17) is 4.74 Å². The molecule has 5 heteroatoms. The Morgan fingerprint density at radius 2 is 1.77 bits per heavy atom. The number of aryl methyl sites for hydroxylation is 3. The molecule has 0 radical (unpaired) electrons. The molecule has 0 amide bonds. The van der Waals surface area contributed by atoms with Gasteiger partial charge < -0.3 is 4.74 Å². The van der Waals surface area contributed by atoms with Gasteiger partial charge in [0, 0.05) is 5.69 Å². The lowest BCUT2D eigenvalue weighted by Crippen LogP contribution is -2.19. The molecule has 134 valence electrons. The first-order valence-electron chi connectivity index (χ1n) is 8.49. The highest BCUT2D eigenvalue weighted by molar-refractivity contribution is 6.01. The Balaban J connectivity index is 2.04. The van der Waals surface area contributed by atoms with Gasteiger partial charge in [0.15, 0.2) is 0 Å². The highest BCUT2D eigenvalue weighted by Crippen LogP contribution is 2.21. The smallest absolute Gasteiger partial charge is 0.280 e. The third-order valence-electron chi connectivity index (χ3n) is 4.40. The Hall–Kier alpha value is -3.08. The van der Waals surface area contributed by atoms with Gasteiger partial charge in [0.25, 0.3) is 5.56 Å². The third kappa shape index (κ3) is 3.33. The molecule has 26 heavy (non-hydrogen) atoms. The normalized spacial score (nSPS) is 11.7. The average molecular weight is 349 g/mol. The Kier molecular flexibility index (Phi) is 4.80. The van der Waals surface area contributed by atoms with Gasteiger partial charge in [0.2, 0.25) is 0 Å². The van der Waals surface area contributed by atoms with Crippen molar-refractivity contribution < 1.29 is 4.74 Å². The minimum atomic E-state index is -0.112. The molecule has 0 aliphatic rings. The molecule has 2 aromatic carbocycles. The van der Waals surface area contributed by atoms with Crippen LogP contribution in [0.2, 0.25) is 0 Å². The Labute approximate surface area is 153 Å². The number of aliphatic imine (C=N–C) groups is 1. The Bertz CT molecular complexity index is 1020. The first-order chi connectivity index (χ1) is 12.4. The van der Waals surface area contributed by atoms with E-state index in [0.29, 0.717) is 11.3 Å². The lowest BCUT2D eigenvalue weighted by Gasteiger charge is -2.04. The zero-order valence-corrected chi connectivity index (χ0v) is 15.8. The largest absolute Gasteiger partial charge is 0.497 e. The number of ether oxygens (including phenoxy) is 1. The molecule has 0 spiro atoms. The van der Waals surface area contributed by atoms with E-state index in [9.17, 15) is 4.79 Å². The van der Waals surface area contributed by atoms with Crippen molar-refractivity contribution in [2.45, 2.75) is 27.7 Å². The maximum absolute atomic E-state index is 12.9. The minimum absolute atomic E-state index is 0.112. The van der Waals surface area contributed by atoms with E-state index in [1.165, 1.54) is 10.2 Å². The molecule has 1 aromatic heterocycles. The number of aromatic amines is 1. The Morgan fingerprint density at radius 3 is 2.38 bits per heavy atom.